The lowest BCUT2D eigenvalue weighted by atomic mass is 9.96. The van der Waals surface area contributed by atoms with Crippen LogP contribution in [-0.4, -0.2) is 52.3 Å². The van der Waals surface area contributed by atoms with E-state index in [4.69, 9.17) is 14.0 Å². The van der Waals surface area contributed by atoms with E-state index in [1.54, 1.807) is 12.4 Å². The predicted molar refractivity (Wildman–Crippen MR) is 146 cm³/mol. The van der Waals surface area contributed by atoms with Crippen LogP contribution in [0.2, 0.25) is 0 Å². The van der Waals surface area contributed by atoms with Crippen LogP contribution < -0.4 is 4.74 Å². The summed E-state index contributed by atoms with van der Waals surface area (Å²) >= 11 is 0. The van der Waals surface area contributed by atoms with Gasteiger partial charge in [0.1, 0.15) is 23.9 Å². The molecule has 2 aromatic heterocycles. The Morgan fingerprint density at radius 1 is 0.974 bits per heavy atom. The fourth-order valence-electron chi connectivity index (χ4n) is 5.11. The molecule has 3 heterocycles. The van der Waals surface area contributed by atoms with Crippen molar-refractivity contribution in [2.24, 2.45) is 0 Å². The molecular weight excluding hydrogens is 492 g/mol. The van der Waals surface area contributed by atoms with Gasteiger partial charge in [0.05, 0.1) is 24.5 Å². The van der Waals surface area contributed by atoms with E-state index in [9.17, 15) is 4.79 Å². The van der Waals surface area contributed by atoms with Gasteiger partial charge in [-0.3, -0.25) is 4.79 Å². The van der Waals surface area contributed by atoms with Crippen molar-refractivity contribution in [1.82, 2.24) is 20.0 Å². The van der Waals surface area contributed by atoms with Crippen LogP contribution in [-0.2, 0) is 17.7 Å². The van der Waals surface area contributed by atoms with E-state index in [2.05, 4.69) is 45.5 Å². The zero-order valence-corrected chi connectivity index (χ0v) is 22.4. The fraction of sp³-hybridized carbons (Fsp3) is 0.355. The third-order valence-electron chi connectivity index (χ3n) is 7.28. The van der Waals surface area contributed by atoms with Crippen LogP contribution in [0.3, 0.4) is 0 Å². The van der Waals surface area contributed by atoms with E-state index in [1.807, 2.05) is 30.9 Å². The number of hydrogen-bond acceptors (Lipinski definition) is 7. The van der Waals surface area contributed by atoms with E-state index in [0.717, 1.165) is 63.7 Å². The second kappa shape index (κ2) is 11.0. The lowest BCUT2D eigenvalue weighted by molar-refractivity contribution is 0.0570. The van der Waals surface area contributed by atoms with Gasteiger partial charge in [0, 0.05) is 43.4 Å². The molecule has 39 heavy (non-hydrogen) atoms. The number of benzene rings is 2. The third kappa shape index (κ3) is 5.71. The summed E-state index contributed by atoms with van der Waals surface area (Å²) in [5, 5.41) is 4.12. The molecule has 8 nitrogen and oxygen atoms in total. The van der Waals surface area contributed by atoms with Gasteiger partial charge in [-0.05, 0) is 61.1 Å². The van der Waals surface area contributed by atoms with Crippen LogP contribution in [0.15, 0.2) is 59.4 Å². The number of carbonyl (C=O) groups is 1. The maximum absolute atomic E-state index is 13.5. The van der Waals surface area contributed by atoms with Crippen LogP contribution in [0.4, 0.5) is 0 Å². The topological polar surface area (TPSA) is 90.6 Å². The minimum Gasteiger partial charge on any atom is -0.491 e. The molecular formula is C31H32N4O4. The first-order chi connectivity index (χ1) is 19.0. The zero-order valence-electron chi connectivity index (χ0n) is 22.4. The van der Waals surface area contributed by atoms with Crippen LogP contribution in [0, 0.1) is 13.8 Å². The molecule has 1 aliphatic carbocycles. The Labute approximate surface area is 228 Å². The molecule has 1 aliphatic heterocycles. The Morgan fingerprint density at radius 3 is 2.56 bits per heavy atom. The molecule has 0 unspecified atom stereocenters. The van der Waals surface area contributed by atoms with E-state index in [0.29, 0.717) is 50.8 Å². The highest BCUT2D eigenvalue weighted by atomic mass is 16.5. The Morgan fingerprint density at radius 2 is 1.79 bits per heavy atom. The Bertz CT molecular complexity index is 1460. The van der Waals surface area contributed by atoms with Crippen LogP contribution >= 0.6 is 0 Å². The number of aryl methyl sites for hydroxylation is 2. The van der Waals surface area contributed by atoms with Gasteiger partial charge in [-0.15, -0.1) is 0 Å². The summed E-state index contributed by atoms with van der Waals surface area (Å²) in [6.45, 7) is 6.08. The quantitative estimate of drug-likeness (QED) is 0.361. The standard InChI is InChI=1S/C31H32N4O4/c1-20-29(21(2)39-34-20)25-8-9-28-26(16-25)15-22-4-3-5-23(14-22)19-35(10-11-37-12-13-38-28)31(36)27-17-32-30(33-18-27)24-6-7-24/h3-5,8-9,14,16-18,24H,6-7,10-13,15,19H2,1-2H3. The number of aromatic nitrogens is 3. The highest BCUT2D eigenvalue weighted by molar-refractivity contribution is 5.93. The van der Waals surface area contributed by atoms with Crippen LogP contribution in [0.25, 0.3) is 11.1 Å². The predicted octanol–water partition coefficient (Wildman–Crippen LogP) is 5.27. The van der Waals surface area contributed by atoms with E-state index < -0.39 is 0 Å². The number of carbonyl (C=O) groups excluding carboxylic acids is 1. The van der Waals surface area contributed by atoms with Crippen LogP contribution in [0.1, 0.15) is 63.1 Å². The molecule has 0 radical (unpaired) electrons. The number of fused-ring (bicyclic) bond motifs is 3. The summed E-state index contributed by atoms with van der Waals surface area (Å²) in [6.07, 6.45) is 6.26. The van der Waals surface area contributed by atoms with Crippen molar-refractivity contribution < 1.29 is 18.8 Å². The van der Waals surface area contributed by atoms with Gasteiger partial charge < -0.3 is 18.9 Å². The lowest BCUT2D eigenvalue weighted by Crippen LogP contribution is -2.34. The molecule has 0 spiro atoms. The molecule has 1 saturated carbocycles. The maximum atomic E-state index is 13.5. The zero-order chi connectivity index (χ0) is 26.8. The van der Waals surface area contributed by atoms with E-state index >= 15 is 0 Å². The highest BCUT2D eigenvalue weighted by Gasteiger charge is 2.27. The number of ether oxygens (including phenoxy) is 2. The van der Waals surface area contributed by atoms with Crippen molar-refractivity contribution in [2.45, 2.75) is 45.6 Å². The number of hydrogen-bond donors (Lipinski definition) is 0. The number of rotatable bonds is 3. The number of nitrogens with zero attached hydrogens (tertiary/aromatic N) is 4. The normalized spacial score (nSPS) is 16.2. The summed E-state index contributed by atoms with van der Waals surface area (Å²) in [6, 6.07) is 14.6. The van der Waals surface area contributed by atoms with Gasteiger partial charge in [0.25, 0.3) is 5.91 Å². The monoisotopic (exact) mass is 524 g/mol. The molecule has 4 aromatic rings. The molecule has 2 bridgehead atoms. The molecule has 1 amide bonds. The number of amides is 1. The molecule has 2 aliphatic rings. The second-order valence-corrected chi connectivity index (χ2v) is 10.3. The first kappa shape index (κ1) is 25.2. The molecule has 0 saturated heterocycles. The Kier molecular flexibility index (Phi) is 7.11. The SMILES string of the molecule is Cc1noc(C)c1-c1ccc2c(c1)Cc1cccc(c1)CN(C(=O)c1cnc(C3CC3)nc1)CCOCCO2. The molecule has 200 valence electrons. The molecule has 0 N–H and O–H groups in total. The summed E-state index contributed by atoms with van der Waals surface area (Å²) in [5.74, 6) is 2.82. The first-order valence-electron chi connectivity index (χ1n) is 13.5. The largest absolute Gasteiger partial charge is 0.491 e. The van der Waals surface area contributed by atoms with Crippen molar-refractivity contribution in [1.29, 1.82) is 0 Å². The smallest absolute Gasteiger partial charge is 0.257 e. The van der Waals surface area contributed by atoms with Crippen molar-refractivity contribution in [3.63, 3.8) is 0 Å². The van der Waals surface area contributed by atoms with Crippen molar-refractivity contribution >= 4 is 5.91 Å². The lowest BCUT2D eigenvalue weighted by Gasteiger charge is -2.24. The summed E-state index contributed by atoms with van der Waals surface area (Å²) in [4.78, 5) is 24.2. The Hall–Kier alpha value is -4.04. The average molecular weight is 525 g/mol. The molecule has 8 heteroatoms. The molecule has 0 atom stereocenters. The second-order valence-electron chi connectivity index (χ2n) is 10.3. The average Bonchev–Trinajstić information content (AvgIpc) is 3.74. The fourth-order valence-corrected chi connectivity index (χ4v) is 5.11. The minimum absolute atomic E-state index is 0.0934. The van der Waals surface area contributed by atoms with E-state index in [-0.39, 0.29) is 5.91 Å². The van der Waals surface area contributed by atoms with Gasteiger partial charge in [0.15, 0.2) is 0 Å². The summed E-state index contributed by atoms with van der Waals surface area (Å²) in [5.41, 5.74) is 6.69. The van der Waals surface area contributed by atoms with Gasteiger partial charge in [0.2, 0.25) is 0 Å². The molecule has 2 aromatic carbocycles. The van der Waals surface area contributed by atoms with Gasteiger partial charge in [-0.25, -0.2) is 9.97 Å². The molecule has 6 rings (SSSR count). The first-order valence-corrected chi connectivity index (χ1v) is 13.5. The minimum atomic E-state index is -0.0934. The summed E-state index contributed by atoms with van der Waals surface area (Å²) < 4.78 is 17.4. The van der Waals surface area contributed by atoms with Crippen molar-refractivity contribution in [3.8, 4) is 16.9 Å². The highest BCUT2D eigenvalue weighted by Crippen LogP contribution is 2.37. The molecule has 1 fully saturated rings. The van der Waals surface area contributed by atoms with Crippen LogP contribution in [0.5, 0.6) is 5.75 Å². The summed E-state index contributed by atoms with van der Waals surface area (Å²) in [7, 11) is 0. The van der Waals surface area contributed by atoms with Crippen molar-refractivity contribution in [3.05, 3.63) is 94.4 Å². The Balaban J connectivity index is 1.28. The van der Waals surface area contributed by atoms with Gasteiger partial charge in [-0.2, -0.15) is 0 Å². The van der Waals surface area contributed by atoms with Gasteiger partial charge >= 0.3 is 0 Å². The van der Waals surface area contributed by atoms with Gasteiger partial charge in [-0.1, -0.05) is 35.5 Å². The van der Waals surface area contributed by atoms with Crippen molar-refractivity contribution in [2.75, 3.05) is 26.4 Å². The maximum Gasteiger partial charge on any atom is 0.257 e. The van der Waals surface area contributed by atoms with E-state index in [1.165, 1.54) is 0 Å². The third-order valence-corrected chi connectivity index (χ3v) is 7.28.